The Morgan fingerprint density at radius 1 is 1.25 bits per heavy atom. The number of benzene rings is 1. The molecular weight excluding hydrogens is 226 g/mol. The van der Waals surface area contributed by atoms with Crippen molar-refractivity contribution in [1.82, 2.24) is 4.98 Å². The van der Waals surface area contributed by atoms with Crippen LogP contribution in [0.5, 0.6) is 0 Å². The maximum Gasteiger partial charge on any atom is 0.175 e. The summed E-state index contributed by atoms with van der Waals surface area (Å²) in [4.78, 5) is 15.1. The minimum Gasteiger partial charge on any atom is -0.298 e. The largest absolute Gasteiger partial charge is 0.298 e. The SMILES string of the molecule is CS(=O)(=O)c1ccc2nccc(C=O)c2c1. The van der Waals surface area contributed by atoms with Gasteiger partial charge in [0.15, 0.2) is 16.1 Å². The van der Waals surface area contributed by atoms with Gasteiger partial charge in [-0.05, 0) is 24.3 Å². The molecule has 0 amide bonds. The van der Waals surface area contributed by atoms with Crippen LogP contribution in [0.15, 0.2) is 35.4 Å². The van der Waals surface area contributed by atoms with E-state index in [1.165, 1.54) is 18.3 Å². The van der Waals surface area contributed by atoms with E-state index in [2.05, 4.69) is 4.98 Å². The van der Waals surface area contributed by atoms with Gasteiger partial charge < -0.3 is 0 Å². The van der Waals surface area contributed by atoms with Crippen LogP contribution in [-0.4, -0.2) is 25.9 Å². The molecule has 1 aromatic heterocycles. The van der Waals surface area contributed by atoms with Crippen molar-refractivity contribution in [3.8, 4) is 0 Å². The average molecular weight is 235 g/mol. The lowest BCUT2D eigenvalue weighted by Crippen LogP contribution is -1.97. The van der Waals surface area contributed by atoms with Gasteiger partial charge in [0, 0.05) is 23.4 Å². The van der Waals surface area contributed by atoms with Crippen LogP contribution in [-0.2, 0) is 9.84 Å². The summed E-state index contributed by atoms with van der Waals surface area (Å²) >= 11 is 0. The number of hydrogen-bond acceptors (Lipinski definition) is 4. The lowest BCUT2D eigenvalue weighted by atomic mass is 10.1. The first-order valence-corrected chi connectivity index (χ1v) is 6.45. The molecule has 1 heterocycles. The molecule has 0 N–H and O–H groups in total. The normalized spacial score (nSPS) is 11.6. The Bertz CT molecular complexity index is 662. The minimum absolute atomic E-state index is 0.191. The molecule has 0 aliphatic carbocycles. The molecule has 2 rings (SSSR count). The minimum atomic E-state index is -3.26. The maximum atomic E-state index is 11.4. The average Bonchev–Trinajstić information content (AvgIpc) is 2.26. The lowest BCUT2D eigenvalue weighted by Gasteiger charge is -2.02. The zero-order chi connectivity index (χ0) is 11.8. The first kappa shape index (κ1) is 10.8. The van der Waals surface area contributed by atoms with Gasteiger partial charge in [-0.2, -0.15) is 0 Å². The van der Waals surface area contributed by atoms with Crippen molar-refractivity contribution in [3.05, 3.63) is 36.0 Å². The van der Waals surface area contributed by atoms with Gasteiger partial charge in [-0.15, -0.1) is 0 Å². The number of fused-ring (bicyclic) bond motifs is 1. The first-order chi connectivity index (χ1) is 7.52. The van der Waals surface area contributed by atoms with E-state index >= 15 is 0 Å². The Hall–Kier alpha value is -1.75. The third-order valence-corrected chi connectivity index (χ3v) is 3.41. The van der Waals surface area contributed by atoms with Crippen molar-refractivity contribution in [2.45, 2.75) is 4.90 Å². The lowest BCUT2D eigenvalue weighted by molar-refractivity contribution is 0.112. The Morgan fingerprint density at radius 3 is 2.62 bits per heavy atom. The Balaban J connectivity index is 2.83. The second kappa shape index (κ2) is 3.68. The first-order valence-electron chi connectivity index (χ1n) is 4.56. The van der Waals surface area contributed by atoms with Gasteiger partial charge in [-0.1, -0.05) is 0 Å². The fraction of sp³-hybridized carbons (Fsp3) is 0.0909. The van der Waals surface area contributed by atoms with Gasteiger partial charge in [0.2, 0.25) is 0 Å². The molecule has 2 aromatic rings. The van der Waals surface area contributed by atoms with E-state index in [4.69, 9.17) is 0 Å². The number of carbonyl (C=O) groups is 1. The molecule has 0 atom stereocenters. The molecule has 0 bridgehead atoms. The number of hydrogen-bond donors (Lipinski definition) is 0. The second-order valence-corrected chi connectivity index (χ2v) is 5.48. The highest BCUT2D eigenvalue weighted by molar-refractivity contribution is 7.90. The number of carbonyl (C=O) groups excluding carboxylic acids is 1. The maximum absolute atomic E-state index is 11.4. The third kappa shape index (κ3) is 1.81. The van der Waals surface area contributed by atoms with E-state index in [1.807, 2.05) is 0 Å². The summed E-state index contributed by atoms with van der Waals surface area (Å²) in [6.45, 7) is 0. The smallest absolute Gasteiger partial charge is 0.175 e. The summed E-state index contributed by atoms with van der Waals surface area (Å²) in [6, 6.07) is 6.11. The zero-order valence-electron chi connectivity index (χ0n) is 8.54. The van der Waals surface area contributed by atoms with Crippen molar-refractivity contribution in [2.24, 2.45) is 0 Å². The Kier molecular flexibility index (Phi) is 2.47. The molecule has 0 saturated heterocycles. The van der Waals surface area contributed by atoms with Crippen LogP contribution in [0.25, 0.3) is 10.9 Å². The standard InChI is InChI=1S/C11H9NO3S/c1-16(14,15)9-2-3-11-10(6-9)8(7-13)4-5-12-11/h2-7H,1H3. The molecule has 0 aliphatic heterocycles. The predicted octanol–water partition coefficient (Wildman–Crippen LogP) is 1.45. The zero-order valence-corrected chi connectivity index (χ0v) is 9.36. The van der Waals surface area contributed by atoms with Crippen LogP contribution in [0.3, 0.4) is 0 Å². The van der Waals surface area contributed by atoms with Crippen molar-refractivity contribution in [2.75, 3.05) is 6.26 Å². The third-order valence-electron chi connectivity index (χ3n) is 2.30. The van der Waals surface area contributed by atoms with E-state index in [9.17, 15) is 13.2 Å². The molecule has 1 aromatic carbocycles. The van der Waals surface area contributed by atoms with Gasteiger partial charge in [0.1, 0.15) is 0 Å². The molecular formula is C11H9NO3S. The van der Waals surface area contributed by atoms with Crippen LogP contribution in [0, 0.1) is 0 Å². The highest BCUT2D eigenvalue weighted by Gasteiger charge is 2.09. The van der Waals surface area contributed by atoms with Crippen molar-refractivity contribution >= 4 is 27.0 Å². The molecule has 0 radical (unpaired) electrons. The number of aromatic nitrogens is 1. The van der Waals surface area contributed by atoms with Gasteiger partial charge in [0.05, 0.1) is 10.4 Å². The summed E-state index contributed by atoms with van der Waals surface area (Å²) in [5, 5.41) is 0.556. The number of rotatable bonds is 2. The fourth-order valence-electron chi connectivity index (χ4n) is 1.48. The predicted molar refractivity (Wildman–Crippen MR) is 60.2 cm³/mol. The van der Waals surface area contributed by atoms with Gasteiger partial charge in [-0.25, -0.2) is 8.42 Å². The van der Waals surface area contributed by atoms with Gasteiger partial charge >= 0.3 is 0 Å². The Labute approximate surface area is 92.8 Å². The topological polar surface area (TPSA) is 64.1 Å². The summed E-state index contributed by atoms with van der Waals surface area (Å²) in [7, 11) is -3.26. The van der Waals surface area contributed by atoms with E-state index in [-0.39, 0.29) is 4.90 Å². The van der Waals surface area contributed by atoms with Crippen LogP contribution >= 0.6 is 0 Å². The van der Waals surface area contributed by atoms with E-state index in [0.717, 1.165) is 6.26 Å². The highest BCUT2D eigenvalue weighted by atomic mass is 32.2. The highest BCUT2D eigenvalue weighted by Crippen LogP contribution is 2.19. The second-order valence-electron chi connectivity index (χ2n) is 3.47. The molecule has 0 aliphatic rings. The Morgan fingerprint density at radius 2 is 2.00 bits per heavy atom. The van der Waals surface area contributed by atoms with Gasteiger partial charge in [0.25, 0.3) is 0 Å². The van der Waals surface area contributed by atoms with Crippen molar-refractivity contribution in [3.63, 3.8) is 0 Å². The van der Waals surface area contributed by atoms with Crippen LogP contribution in [0.4, 0.5) is 0 Å². The monoisotopic (exact) mass is 235 g/mol. The summed E-state index contributed by atoms with van der Waals surface area (Å²) in [6.07, 6.45) is 3.34. The number of aldehydes is 1. The van der Waals surface area contributed by atoms with Crippen molar-refractivity contribution in [1.29, 1.82) is 0 Å². The summed E-state index contributed by atoms with van der Waals surface area (Å²) in [5.41, 5.74) is 1.05. The fourth-order valence-corrected chi connectivity index (χ4v) is 2.13. The number of pyridine rings is 1. The van der Waals surface area contributed by atoms with Crippen LogP contribution in [0.1, 0.15) is 10.4 Å². The number of sulfone groups is 1. The van der Waals surface area contributed by atoms with Crippen LogP contribution < -0.4 is 0 Å². The molecule has 16 heavy (non-hydrogen) atoms. The van der Waals surface area contributed by atoms with E-state index in [1.54, 1.807) is 12.1 Å². The van der Waals surface area contributed by atoms with Crippen LogP contribution in [0.2, 0.25) is 0 Å². The molecule has 4 nitrogen and oxygen atoms in total. The quantitative estimate of drug-likeness (QED) is 0.739. The molecule has 0 unspecified atom stereocenters. The summed E-state index contributed by atoms with van der Waals surface area (Å²) < 4.78 is 22.7. The summed E-state index contributed by atoms with van der Waals surface area (Å²) in [5.74, 6) is 0. The number of nitrogens with zero attached hydrogens (tertiary/aromatic N) is 1. The van der Waals surface area contributed by atoms with Gasteiger partial charge in [-0.3, -0.25) is 9.78 Å². The molecule has 0 fully saturated rings. The van der Waals surface area contributed by atoms with E-state index < -0.39 is 9.84 Å². The molecule has 82 valence electrons. The molecule has 0 saturated carbocycles. The van der Waals surface area contributed by atoms with E-state index in [0.29, 0.717) is 22.8 Å². The van der Waals surface area contributed by atoms with Crippen molar-refractivity contribution < 1.29 is 13.2 Å². The molecule has 0 spiro atoms. The molecule has 5 heteroatoms.